The molecule has 3 aromatic rings. The molecule has 0 spiro atoms. The monoisotopic (exact) mass is 372 g/mol. The summed E-state index contributed by atoms with van der Waals surface area (Å²) in [5.74, 6) is 0.462. The number of nitrogens with zero attached hydrogens (tertiary/aromatic N) is 1. The molecule has 0 saturated carbocycles. The Labute approximate surface area is 152 Å². The van der Waals surface area contributed by atoms with E-state index in [9.17, 15) is 9.18 Å². The van der Waals surface area contributed by atoms with Crippen LogP contribution in [0.15, 0.2) is 47.8 Å². The lowest BCUT2D eigenvalue weighted by molar-refractivity contribution is -0.118. The van der Waals surface area contributed by atoms with Gasteiger partial charge >= 0.3 is 0 Å². The van der Waals surface area contributed by atoms with E-state index in [2.05, 4.69) is 10.3 Å². The fraction of sp³-hybridized carbons (Fsp3) is 0.111. The molecule has 0 unspecified atom stereocenters. The SMILES string of the molecule is O=C(COc1ccccc1F)Nc1nc(-c2ccc3c(c2)OCO3)cs1. The van der Waals surface area contributed by atoms with Crippen LogP contribution in [0.2, 0.25) is 0 Å². The van der Waals surface area contributed by atoms with Gasteiger partial charge < -0.3 is 14.2 Å². The van der Waals surface area contributed by atoms with E-state index in [1.807, 2.05) is 23.6 Å². The van der Waals surface area contributed by atoms with E-state index >= 15 is 0 Å². The molecular weight excluding hydrogens is 359 g/mol. The van der Waals surface area contributed by atoms with Gasteiger partial charge in [0.15, 0.2) is 34.8 Å². The summed E-state index contributed by atoms with van der Waals surface area (Å²) in [5.41, 5.74) is 1.56. The fourth-order valence-corrected chi connectivity index (χ4v) is 3.12. The van der Waals surface area contributed by atoms with Crippen LogP contribution in [0.25, 0.3) is 11.3 Å². The number of hydrogen-bond acceptors (Lipinski definition) is 6. The zero-order valence-electron chi connectivity index (χ0n) is 13.4. The third-order valence-electron chi connectivity index (χ3n) is 3.61. The molecule has 6 nitrogen and oxygen atoms in total. The van der Waals surface area contributed by atoms with Gasteiger partial charge in [-0.15, -0.1) is 11.3 Å². The Balaban J connectivity index is 1.39. The average molecular weight is 372 g/mol. The number of nitrogens with one attached hydrogen (secondary N) is 1. The van der Waals surface area contributed by atoms with Crippen molar-refractivity contribution in [1.82, 2.24) is 4.98 Å². The highest BCUT2D eigenvalue weighted by atomic mass is 32.1. The van der Waals surface area contributed by atoms with Gasteiger partial charge in [-0.3, -0.25) is 10.1 Å². The van der Waals surface area contributed by atoms with Crippen molar-refractivity contribution in [3.05, 3.63) is 53.7 Å². The number of para-hydroxylation sites is 1. The van der Waals surface area contributed by atoms with E-state index in [1.165, 1.54) is 23.5 Å². The number of ether oxygens (including phenoxy) is 3. The van der Waals surface area contributed by atoms with Crippen LogP contribution in [0.1, 0.15) is 0 Å². The summed E-state index contributed by atoms with van der Waals surface area (Å²) in [6.07, 6.45) is 0. The number of carbonyl (C=O) groups excluding carboxylic acids is 1. The third-order valence-corrected chi connectivity index (χ3v) is 4.37. The maximum Gasteiger partial charge on any atom is 0.264 e. The first-order chi connectivity index (χ1) is 12.7. The summed E-state index contributed by atoms with van der Waals surface area (Å²) in [6.45, 7) is -0.0982. The number of benzene rings is 2. The summed E-state index contributed by atoms with van der Waals surface area (Å²) >= 11 is 1.29. The molecule has 1 aromatic heterocycles. The highest BCUT2D eigenvalue weighted by molar-refractivity contribution is 7.14. The van der Waals surface area contributed by atoms with Crippen LogP contribution < -0.4 is 19.5 Å². The Morgan fingerprint density at radius 3 is 2.96 bits per heavy atom. The lowest BCUT2D eigenvalue weighted by atomic mass is 10.1. The number of thiazole rings is 1. The molecule has 1 N–H and O–H groups in total. The van der Waals surface area contributed by atoms with E-state index in [0.29, 0.717) is 22.3 Å². The third kappa shape index (κ3) is 3.45. The summed E-state index contributed by atoms with van der Waals surface area (Å²) < 4.78 is 29.3. The molecule has 26 heavy (non-hydrogen) atoms. The topological polar surface area (TPSA) is 69.7 Å². The minimum absolute atomic E-state index is 0.0304. The molecule has 0 fully saturated rings. The Hall–Kier alpha value is -3.13. The number of hydrogen-bond donors (Lipinski definition) is 1. The van der Waals surface area contributed by atoms with E-state index in [4.69, 9.17) is 14.2 Å². The zero-order chi connectivity index (χ0) is 17.9. The van der Waals surface area contributed by atoms with Gasteiger partial charge in [0, 0.05) is 10.9 Å². The minimum atomic E-state index is -0.514. The molecule has 1 aliphatic heterocycles. The summed E-state index contributed by atoms with van der Waals surface area (Å²) in [5, 5.41) is 4.89. The maximum absolute atomic E-state index is 13.5. The largest absolute Gasteiger partial charge is 0.481 e. The van der Waals surface area contributed by atoms with Crippen molar-refractivity contribution >= 4 is 22.4 Å². The molecule has 132 valence electrons. The van der Waals surface area contributed by atoms with Crippen LogP contribution in [0.4, 0.5) is 9.52 Å². The number of amides is 1. The number of carbonyl (C=O) groups is 1. The lowest BCUT2D eigenvalue weighted by Crippen LogP contribution is -2.20. The first-order valence-electron chi connectivity index (χ1n) is 7.72. The van der Waals surface area contributed by atoms with Gasteiger partial charge in [-0.05, 0) is 30.3 Å². The van der Waals surface area contributed by atoms with Gasteiger partial charge in [0.2, 0.25) is 6.79 Å². The van der Waals surface area contributed by atoms with Crippen LogP contribution in [0, 0.1) is 5.82 Å². The van der Waals surface area contributed by atoms with E-state index in [1.54, 1.807) is 12.1 Å². The van der Waals surface area contributed by atoms with Crippen molar-refractivity contribution in [2.45, 2.75) is 0 Å². The van der Waals surface area contributed by atoms with Crippen molar-refractivity contribution in [3.8, 4) is 28.5 Å². The second-order valence-corrected chi connectivity index (χ2v) is 6.23. The molecule has 1 amide bonds. The van der Waals surface area contributed by atoms with Crippen molar-refractivity contribution in [3.63, 3.8) is 0 Å². The second kappa shape index (κ2) is 7.01. The van der Waals surface area contributed by atoms with Crippen LogP contribution >= 0.6 is 11.3 Å². The predicted octanol–water partition coefficient (Wildman–Crippen LogP) is 3.70. The molecule has 2 heterocycles. The van der Waals surface area contributed by atoms with Gasteiger partial charge in [0.1, 0.15) is 0 Å². The average Bonchev–Trinajstić information content (AvgIpc) is 3.29. The van der Waals surface area contributed by atoms with Gasteiger partial charge in [-0.25, -0.2) is 9.37 Å². The number of halogens is 1. The molecule has 2 aromatic carbocycles. The van der Waals surface area contributed by atoms with Crippen molar-refractivity contribution < 1.29 is 23.4 Å². The Morgan fingerprint density at radius 2 is 2.08 bits per heavy atom. The Morgan fingerprint density at radius 1 is 1.23 bits per heavy atom. The van der Waals surface area contributed by atoms with Crippen molar-refractivity contribution in [1.29, 1.82) is 0 Å². The van der Waals surface area contributed by atoms with Gasteiger partial charge in [-0.1, -0.05) is 12.1 Å². The quantitative estimate of drug-likeness (QED) is 0.740. The molecule has 1 aliphatic rings. The molecule has 4 rings (SSSR count). The van der Waals surface area contributed by atoms with Crippen LogP contribution in [-0.2, 0) is 4.79 Å². The number of aromatic nitrogens is 1. The Kier molecular flexibility index (Phi) is 4.40. The van der Waals surface area contributed by atoms with Gasteiger partial charge in [0.05, 0.1) is 5.69 Å². The van der Waals surface area contributed by atoms with Crippen LogP contribution in [0.3, 0.4) is 0 Å². The van der Waals surface area contributed by atoms with Gasteiger partial charge in [0.25, 0.3) is 5.91 Å². The zero-order valence-corrected chi connectivity index (χ0v) is 14.2. The van der Waals surface area contributed by atoms with Gasteiger partial charge in [-0.2, -0.15) is 0 Å². The van der Waals surface area contributed by atoms with Crippen molar-refractivity contribution in [2.75, 3.05) is 18.7 Å². The fourth-order valence-electron chi connectivity index (χ4n) is 2.38. The maximum atomic E-state index is 13.5. The number of fused-ring (bicyclic) bond motifs is 1. The number of anilines is 1. The molecule has 0 atom stereocenters. The molecule has 0 saturated heterocycles. The van der Waals surface area contributed by atoms with E-state index in [0.717, 1.165) is 5.56 Å². The molecule has 0 radical (unpaired) electrons. The standard InChI is InChI=1S/C18H13FN2O4S/c19-12-3-1-2-4-14(12)23-8-17(22)21-18-20-13(9-26-18)11-5-6-15-16(7-11)25-10-24-15/h1-7,9H,8,10H2,(H,20,21,22). The highest BCUT2D eigenvalue weighted by Crippen LogP contribution is 2.36. The summed E-state index contributed by atoms with van der Waals surface area (Å²) in [4.78, 5) is 16.3. The molecule has 0 aliphatic carbocycles. The predicted molar refractivity (Wildman–Crippen MR) is 94.2 cm³/mol. The Bertz CT molecular complexity index is 960. The summed E-state index contributed by atoms with van der Waals surface area (Å²) in [6, 6.07) is 11.4. The van der Waals surface area contributed by atoms with Crippen LogP contribution in [0.5, 0.6) is 17.2 Å². The van der Waals surface area contributed by atoms with E-state index < -0.39 is 11.7 Å². The first-order valence-corrected chi connectivity index (χ1v) is 8.60. The summed E-state index contributed by atoms with van der Waals surface area (Å²) in [7, 11) is 0. The first kappa shape index (κ1) is 16.3. The smallest absolute Gasteiger partial charge is 0.264 e. The van der Waals surface area contributed by atoms with Crippen molar-refractivity contribution in [2.24, 2.45) is 0 Å². The lowest BCUT2D eigenvalue weighted by Gasteiger charge is -2.06. The normalized spacial score (nSPS) is 12.0. The highest BCUT2D eigenvalue weighted by Gasteiger charge is 2.15. The second-order valence-electron chi connectivity index (χ2n) is 5.37. The van der Waals surface area contributed by atoms with Crippen LogP contribution in [-0.4, -0.2) is 24.3 Å². The minimum Gasteiger partial charge on any atom is -0.481 e. The molecule has 8 heteroatoms. The van der Waals surface area contributed by atoms with E-state index in [-0.39, 0.29) is 19.1 Å². The molecular formula is C18H13FN2O4S. The number of rotatable bonds is 5. The molecule has 0 bridgehead atoms.